The van der Waals surface area contributed by atoms with Crippen molar-refractivity contribution in [2.75, 3.05) is 38.2 Å². The third-order valence-corrected chi connectivity index (χ3v) is 5.09. The highest BCUT2D eigenvalue weighted by Crippen LogP contribution is 2.25. The monoisotopic (exact) mass is 408 g/mol. The van der Waals surface area contributed by atoms with Crippen molar-refractivity contribution in [2.24, 2.45) is 0 Å². The van der Waals surface area contributed by atoms with Crippen LogP contribution in [-0.2, 0) is 0 Å². The molecule has 10 heteroatoms. The highest BCUT2D eigenvalue weighted by Gasteiger charge is 2.25. The Hall–Kier alpha value is -3.95. The molecule has 1 amide bonds. The average Bonchev–Trinajstić information content (AvgIpc) is 3.33. The molecule has 0 bridgehead atoms. The Labute approximate surface area is 172 Å². The summed E-state index contributed by atoms with van der Waals surface area (Å²) in [6.45, 7) is 2.42. The summed E-state index contributed by atoms with van der Waals surface area (Å²) in [4.78, 5) is 31.7. The lowest BCUT2D eigenvalue weighted by Crippen LogP contribution is -2.48. The van der Waals surface area contributed by atoms with Crippen molar-refractivity contribution >= 4 is 17.3 Å². The summed E-state index contributed by atoms with van der Waals surface area (Å²) in [6, 6.07) is 12.2. The van der Waals surface area contributed by atoms with Gasteiger partial charge in [0.1, 0.15) is 24.1 Å². The van der Waals surface area contributed by atoms with Crippen LogP contribution in [0.4, 0.5) is 11.4 Å². The van der Waals surface area contributed by atoms with Gasteiger partial charge in [-0.25, -0.2) is 9.67 Å². The maximum absolute atomic E-state index is 12.9. The van der Waals surface area contributed by atoms with Gasteiger partial charge in [0.2, 0.25) is 0 Å². The second kappa shape index (κ2) is 8.19. The summed E-state index contributed by atoms with van der Waals surface area (Å²) in [5, 5.41) is 15.5. The predicted octanol–water partition coefficient (Wildman–Crippen LogP) is 2.15. The molecule has 0 saturated carbocycles. The molecule has 2 heterocycles. The molecule has 0 radical (unpaired) electrons. The molecule has 10 nitrogen and oxygen atoms in total. The molecule has 1 saturated heterocycles. The normalized spacial score (nSPS) is 13.9. The molecule has 4 rings (SSSR count). The largest absolute Gasteiger partial charge is 0.497 e. The summed E-state index contributed by atoms with van der Waals surface area (Å²) in [7, 11) is 1.63. The van der Waals surface area contributed by atoms with Gasteiger partial charge in [-0.05, 0) is 36.4 Å². The number of carbonyl (C=O) groups is 1. The Morgan fingerprint density at radius 3 is 2.43 bits per heavy atom. The molecule has 0 spiro atoms. The number of benzene rings is 2. The maximum atomic E-state index is 12.9. The molecule has 1 aliphatic rings. The van der Waals surface area contributed by atoms with Gasteiger partial charge in [-0.15, -0.1) is 0 Å². The van der Waals surface area contributed by atoms with Crippen molar-refractivity contribution < 1.29 is 14.5 Å². The van der Waals surface area contributed by atoms with E-state index in [0.717, 1.165) is 11.4 Å². The number of anilines is 1. The maximum Gasteiger partial charge on any atom is 0.295 e. The molecule has 0 aliphatic carbocycles. The van der Waals surface area contributed by atoms with Gasteiger partial charge in [0.25, 0.3) is 11.6 Å². The molecule has 1 aliphatic heterocycles. The van der Waals surface area contributed by atoms with E-state index >= 15 is 0 Å². The van der Waals surface area contributed by atoms with Crippen molar-refractivity contribution in [1.82, 2.24) is 19.7 Å². The van der Waals surface area contributed by atoms with Crippen LogP contribution in [-0.4, -0.2) is 63.8 Å². The van der Waals surface area contributed by atoms with E-state index in [0.29, 0.717) is 26.2 Å². The third-order valence-electron chi connectivity index (χ3n) is 5.09. The second-order valence-corrected chi connectivity index (χ2v) is 6.78. The summed E-state index contributed by atoms with van der Waals surface area (Å²) in [6.07, 6.45) is 2.67. The zero-order chi connectivity index (χ0) is 21.1. The molecule has 2 aromatic carbocycles. The minimum Gasteiger partial charge on any atom is -0.497 e. The van der Waals surface area contributed by atoms with Crippen LogP contribution in [0.25, 0.3) is 5.69 Å². The summed E-state index contributed by atoms with van der Waals surface area (Å²) in [5.74, 6) is 0.570. The topological polar surface area (TPSA) is 107 Å². The Morgan fingerprint density at radius 1 is 1.10 bits per heavy atom. The van der Waals surface area contributed by atoms with E-state index in [1.54, 1.807) is 18.1 Å². The number of carbonyl (C=O) groups excluding carboxylic acids is 1. The highest BCUT2D eigenvalue weighted by molar-refractivity contribution is 5.95. The zero-order valence-electron chi connectivity index (χ0n) is 16.3. The van der Waals surface area contributed by atoms with Gasteiger partial charge in [0, 0.05) is 43.5 Å². The number of hydrogen-bond donors (Lipinski definition) is 0. The molecule has 0 unspecified atom stereocenters. The summed E-state index contributed by atoms with van der Waals surface area (Å²) >= 11 is 0. The van der Waals surface area contributed by atoms with Crippen LogP contribution < -0.4 is 9.64 Å². The smallest absolute Gasteiger partial charge is 0.295 e. The van der Waals surface area contributed by atoms with Crippen LogP contribution >= 0.6 is 0 Å². The van der Waals surface area contributed by atoms with Crippen molar-refractivity contribution in [3.8, 4) is 11.4 Å². The standard InChI is InChI=1S/C20H20N6O4/c1-30-17-5-3-16(4-6-17)23-8-10-24(11-9-23)20(27)15-2-7-18(19(12-15)26(28)29)25-14-21-13-22-25/h2-7,12-14H,8-11H2,1H3. The SMILES string of the molecule is COc1ccc(N2CCN(C(=O)c3ccc(-n4cncn4)c([N+](=O)[O-])c3)CC2)cc1. The Bertz CT molecular complexity index is 1040. The molecule has 154 valence electrons. The van der Waals surface area contributed by atoms with E-state index in [1.165, 1.54) is 29.5 Å². The van der Waals surface area contributed by atoms with E-state index in [4.69, 9.17) is 4.74 Å². The van der Waals surface area contributed by atoms with Crippen molar-refractivity contribution in [3.63, 3.8) is 0 Å². The minimum atomic E-state index is -0.518. The van der Waals surface area contributed by atoms with E-state index in [-0.39, 0.29) is 22.8 Å². The van der Waals surface area contributed by atoms with Crippen molar-refractivity contribution in [2.45, 2.75) is 0 Å². The fourth-order valence-electron chi connectivity index (χ4n) is 3.47. The van der Waals surface area contributed by atoms with Crippen molar-refractivity contribution in [3.05, 3.63) is 70.8 Å². The van der Waals surface area contributed by atoms with Crippen LogP contribution in [0.1, 0.15) is 10.4 Å². The molecular formula is C20H20N6O4. The van der Waals surface area contributed by atoms with Gasteiger partial charge in [0.05, 0.1) is 12.0 Å². The Kier molecular flexibility index (Phi) is 5.29. The molecular weight excluding hydrogens is 388 g/mol. The second-order valence-electron chi connectivity index (χ2n) is 6.78. The Morgan fingerprint density at radius 2 is 1.83 bits per heavy atom. The zero-order valence-corrected chi connectivity index (χ0v) is 16.3. The fourth-order valence-corrected chi connectivity index (χ4v) is 3.47. The summed E-state index contributed by atoms with van der Waals surface area (Å²) in [5.41, 5.74) is 1.42. The van der Waals surface area contributed by atoms with Crippen LogP contribution in [0.15, 0.2) is 55.1 Å². The molecule has 0 N–H and O–H groups in total. The van der Waals surface area contributed by atoms with Crippen LogP contribution in [0.5, 0.6) is 5.75 Å². The lowest BCUT2D eigenvalue weighted by Gasteiger charge is -2.36. The Balaban J connectivity index is 1.47. The first-order valence-electron chi connectivity index (χ1n) is 9.38. The number of methoxy groups -OCH3 is 1. The van der Waals surface area contributed by atoms with Gasteiger partial charge in [0.15, 0.2) is 0 Å². The fraction of sp³-hybridized carbons (Fsp3) is 0.250. The van der Waals surface area contributed by atoms with Gasteiger partial charge in [-0.1, -0.05) is 0 Å². The number of rotatable bonds is 5. The number of aromatic nitrogens is 3. The minimum absolute atomic E-state index is 0.191. The van der Waals surface area contributed by atoms with Crippen molar-refractivity contribution in [1.29, 1.82) is 0 Å². The first-order chi connectivity index (χ1) is 14.6. The first-order valence-corrected chi connectivity index (χ1v) is 9.38. The number of nitro benzene ring substituents is 1. The van der Waals surface area contributed by atoms with Crippen LogP contribution in [0.2, 0.25) is 0 Å². The number of hydrogen-bond acceptors (Lipinski definition) is 7. The summed E-state index contributed by atoms with van der Waals surface area (Å²) < 4.78 is 6.49. The molecule has 30 heavy (non-hydrogen) atoms. The lowest BCUT2D eigenvalue weighted by molar-refractivity contribution is -0.384. The average molecular weight is 408 g/mol. The number of nitrogens with zero attached hydrogens (tertiary/aromatic N) is 6. The third kappa shape index (κ3) is 3.79. The lowest BCUT2D eigenvalue weighted by atomic mass is 10.1. The van der Waals surface area contributed by atoms with E-state index < -0.39 is 4.92 Å². The highest BCUT2D eigenvalue weighted by atomic mass is 16.6. The predicted molar refractivity (Wildman–Crippen MR) is 109 cm³/mol. The number of nitro groups is 1. The quantitative estimate of drug-likeness (QED) is 0.470. The number of piperazine rings is 1. The molecule has 1 aromatic heterocycles. The van der Waals surface area contributed by atoms with Crippen LogP contribution in [0.3, 0.4) is 0 Å². The molecule has 3 aromatic rings. The van der Waals surface area contributed by atoms with E-state index in [1.807, 2.05) is 24.3 Å². The van der Waals surface area contributed by atoms with Crippen LogP contribution in [0, 0.1) is 10.1 Å². The van der Waals surface area contributed by atoms with Gasteiger partial charge in [-0.3, -0.25) is 14.9 Å². The molecule has 1 fully saturated rings. The van der Waals surface area contributed by atoms with E-state index in [9.17, 15) is 14.9 Å². The number of ether oxygens (including phenoxy) is 1. The van der Waals surface area contributed by atoms with E-state index in [2.05, 4.69) is 15.0 Å². The number of amides is 1. The van der Waals surface area contributed by atoms with Gasteiger partial charge in [-0.2, -0.15) is 5.10 Å². The first kappa shape index (κ1) is 19.4. The van der Waals surface area contributed by atoms with Gasteiger partial charge < -0.3 is 14.5 Å². The molecule has 0 atom stereocenters. The van der Waals surface area contributed by atoms with Gasteiger partial charge >= 0.3 is 0 Å².